The lowest BCUT2D eigenvalue weighted by molar-refractivity contribution is 0.00737. The van der Waals surface area contributed by atoms with Gasteiger partial charge < -0.3 is 15.0 Å². The van der Waals surface area contributed by atoms with Gasteiger partial charge in [-0.1, -0.05) is 20.8 Å². The summed E-state index contributed by atoms with van der Waals surface area (Å²) in [4.78, 5) is 15.1. The van der Waals surface area contributed by atoms with Crippen LogP contribution in [0.25, 0.3) is 0 Å². The Hall–Kier alpha value is -1.29. The summed E-state index contributed by atoms with van der Waals surface area (Å²) >= 11 is 0. The Bertz CT molecular complexity index is 445. The van der Waals surface area contributed by atoms with Gasteiger partial charge in [-0.2, -0.15) is 0 Å². The van der Waals surface area contributed by atoms with Crippen LogP contribution in [-0.4, -0.2) is 30.1 Å². The summed E-state index contributed by atoms with van der Waals surface area (Å²) in [6.07, 6.45) is 3.04. The quantitative estimate of drug-likeness (QED) is 0.881. The highest BCUT2D eigenvalue weighted by Crippen LogP contribution is 2.34. The molecule has 1 aliphatic rings. The monoisotopic (exact) mass is 264 g/mol. The molecule has 1 aliphatic heterocycles. The zero-order chi connectivity index (χ0) is 14.0. The van der Waals surface area contributed by atoms with Crippen molar-refractivity contribution >= 4 is 5.91 Å². The summed E-state index contributed by atoms with van der Waals surface area (Å²) in [7, 11) is 0. The van der Waals surface area contributed by atoms with Gasteiger partial charge in [-0.25, -0.2) is 0 Å². The zero-order valence-corrected chi connectivity index (χ0v) is 12.2. The molecule has 1 fully saturated rings. The molecule has 2 rings (SSSR count). The van der Waals surface area contributed by atoms with Crippen LogP contribution >= 0.6 is 0 Å². The van der Waals surface area contributed by atoms with Crippen LogP contribution in [0.15, 0.2) is 12.3 Å². The number of rotatable bonds is 3. The van der Waals surface area contributed by atoms with Gasteiger partial charge in [0.05, 0.1) is 11.7 Å². The smallest absolute Gasteiger partial charge is 0.253 e. The van der Waals surface area contributed by atoms with Gasteiger partial charge in [0.1, 0.15) is 0 Å². The lowest BCUT2D eigenvalue weighted by Gasteiger charge is -2.31. The zero-order valence-electron chi connectivity index (χ0n) is 12.2. The summed E-state index contributed by atoms with van der Waals surface area (Å²) in [6.45, 7) is 9.96. The average Bonchev–Trinajstić information content (AvgIpc) is 2.93. The van der Waals surface area contributed by atoms with Crippen molar-refractivity contribution in [2.45, 2.75) is 40.2 Å². The van der Waals surface area contributed by atoms with E-state index in [4.69, 9.17) is 4.74 Å². The van der Waals surface area contributed by atoms with Crippen molar-refractivity contribution in [1.29, 1.82) is 0 Å². The maximum absolute atomic E-state index is 12.1. The average molecular weight is 264 g/mol. The molecule has 1 saturated heterocycles. The highest BCUT2D eigenvalue weighted by atomic mass is 16.5. The van der Waals surface area contributed by atoms with Gasteiger partial charge >= 0.3 is 0 Å². The minimum absolute atomic E-state index is 0.00157. The molecule has 0 saturated carbocycles. The summed E-state index contributed by atoms with van der Waals surface area (Å²) in [5.41, 5.74) is 1.76. The number of ether oxygens (including phenoxy) is 1. The number of hydrogen-bond donors (Lipinski definition) is 2. The molecule has 106 valence electrons. The standard InChI is InChI=1S/C15H24N2O2/c1-10-12(5-7-16-10)14(18)17-9-11-6-8-19-13(11)15(2,3)4/h5,7,11,13,16H,6,8-9H2,1-4H3,(H,17,18)/t11-,13+/m1/s1. The largest absolute Gasteiger partial charge is 0.377 e. The van der Waals surface area contributed by atoms with Crippen LogP contribution in [0.1, 0.15) is 43.2 Å². The molecule has 0 spiro atoms. The summed E-state index contributed by atoms with van der Waals surface area (Å²) < 4.78 is 5.82. The maximum Gasteiger partial charge on any atom is 0.253 e. The van der Waals surface area contributed by atoms with Gasteiger partial charge in [0, 0.05) is 31.0 Å². The van der Waals surface area contributed by atoms with E-state index < -0.39 is 0 Å². The van der Waals surface area contributed by atoms with Gasteiger partial charge in [-0.05, 0) is 24.8 Å². The number of amides is 1. The Morgan fingerprint density at radius 1 is 1.53 bits per heavy atom. The predicted octanol–water partition coefficient (Wildman–Crippen LogP) is 2.50. The van der Waals surface area contributed by atoms with Crippen LogP contribution in [0.5, 0.6) is 0 Å². The molecule has 4 heteroatoms. The van der Waals surface area contributed by atoms with Crippen molar-refractivity contribution in [2.75, 3.05) is 13.2 Å². The molecule has 19 heavy (non-hydrogen) atoms. The number of aromatic amines is 1. The van der Waals surface area contributed by atoms with E-state index in [9.17, 15) is 4.79 Å². The first-order valence-electron chi connectivity index (χ1n) is 6.93. The third-order valence-electron chi connectivity index (χ3n) is 3.79. The molecule has 4 nitrogen and oxygen atoms in total. The first-order chi connectivity index (χ1) is 8.89. The molecule has 0 aliphatic carbocycles. The van der Waals surface area contributed by atoms with E-state index in [1.54, 1.807) is 6.20 Å². The van der Waals surface area contributed by atoms with Crippen molar-refractivity contribution in [2.24, 2.45) is 11.3 Å². The molecule has 2 heterocycles. The second-order valence-electron chi connectivity index (χ2n) is 6.43. The van der Waals surface area contributed by atoms with E-state index >= 15 is 0 Å². The van der Waals surface area contributed by atoms with Crippen LogP contribution in [0, 0.1) is 18.3 Å². The summed E-state index contributed by atoms with van der Waals surface area (Å²) in [6, 6.07) is 1.82. The van der Waals surface area contributed by atoms with Gasteiger partial charge in [0.2, 0.25) is 0 Å². The molecule has 2 N–H and O–H groups in total. The molecule has 1 aromatic heterocycles. The van der Waals surface area contributed by atoms with Crippen LogP contribution in [0.2, 0.25) is 0 Å². The number of H-pyrrole nitrogens is 1. The number of aryl methyl sites for hydroxylation is 1. The third-order valence-corrected chi connectivity index (χ3v) is 3.79. The van der Waals surface area contributed by atoms with Gasteiger partial charge in [-0.15, -0.1) is 0 Å². The predicted molar refractivity (Wildman–Crippen MR) is 75.2 cm³/mol. The molecular formula is C15H24N2O2. The normalized spacial score (nSPS) is 23.6. The first-order valence-corrected chi connectivity index (χ1v) is 6.93. The van der Waals surface area contributed by atoms with E-state index in [1.165, 1.54) is 0 Å². The van der Waals surface area contributed by atoms with Crippen LogP contribution < -0.4 is 5.32 Å². The second-order valence-corrected chi connectivity index (χ2v) is 6.43. The number of carbonyl (C=O) groups excluding carboxylic acids is 1. The Morgan fingerprint density at radius 2 is 2.26 bits per heavy atom. The van der Waals surface area contributed by atoms with E-state index in [0.29, 0.717) is 12.5 Å². The summed E-state index contributed by atoms with van der Waals surface area (Å²) in [5.74, 6) is 0.404. The second kappa shape index (κ2) is 5.37. The minimum atomic E-state index is -0.00157. The molecule has 1 aromatic rings. The summed E-state index contributed by atoms with van der Waals surface area (Å²) in [5, 5.41) is 3.03. The maximum atomic E-state index is 12.1. The van der Waals surface area contributed by atoms with Gasteiger partial charge in [-0.3, -0.25) is 4.79 Å². The first kappa shape index (κ1) is 14.1. The fourth-order valence-corrected chi connectivity index (χ4v) is 2.82. The molecule has 0 unspecified atom stereocenters. The van der Waals surface area contributed by atoms with Crippen molar-refractivity contribution in [3.05, 3.63) is 23.5 Å². The Labute approximate surface area is 114 Å². The lowest BCUT2D eigenvalue weighted by atomic mass is 9.81. The topological polar surface area (TPSA) is 54.1 Å². The Balaban J connectivity index is 1.92. The SMILES string of the molecule is Cc1[nH]ccc1C(=O)NC[C@H]1CCO[C@@H]1C(C)(C)C. The van der Waals surface area contributed by atoms with Crippen LogP contribution in [-0.2, 0) is 4.74 Å². The van der Waals surface area contributed by atoms with E-state index in [2.05, 4.69) is 31.1 Å². The fourth-order valence-electron chi connectivity index (χ4n) is 2.82. The molecule has 0 bridgehead atoms. The van der Waals surface area contributed by atoms with E-state index in [1.807, 2.05) is 13.0 Å². The van der Waals surface area contributed by atoms with Gasteiger partial charge in [0.25, 0.3) is 5.91 Å². The van der Waals surface area contributed by atoms with E-state index in [0.717, 1.165) is 24.3 Å². The molecular weight excluding hydrogens is 240 g/mol. The van der Waals surface area contributed by atoms with Gasteiger partial charge in [0.15, 0.2) is 0 Å². The third kappa shape index (κ3) is 3.18. The lowest BCUT2D eigenvalue weighted by Crippen LogP contribution is -2.38. The Kier molecular flexibility index (Phi) is 3.99. The molecule has 0 aromatic carbocycles. The molecule has 2 atom stereocenters. The highest BCUT2D eigenvalue weighted by Gasteiger charge is 2.37. The van der Waals surface area contributed by atoms with Crippen molar-refractivity contribution in [3.8, 4) is 0 Å². The highest BCUT2D eigenvalue weighted by molar-refractivity contribution is 5.95. The van der Waals surface area contributed by atoms with Crippen LogP contribution in [0.3, 0.4) is 0 Å². The molecule has 1 amide bonds. The van der Waals surface area contributed by atoms with Crippen molar-refractivity contribution < 1.29 is 9.53 Å². The number of carbonyl (C=O) groups is 1. The number of aromatic nitrogens is 1. The Morgan fingerprint density at radius 3 is 2.84 bits per heavy atom. The fraction of sp³-hybridized carbons (Fsp3) is 0.667. The minimum Gasteiger partial charge on any atom is -0.377 e. The van der Waals surface area contributed by atoms with Crippen LogP contribution in [0.4, 0.5) is 0 Å². The molecule has 0 radical (unpaired) electrons. The van der Waals surface area contributed by atoms with Crippen molar-refractivity contribution in [1.82, 2.24) is 10.3 Å². The van der Waals surface area contributed by atoms with Crippen molar-refractivity contribution in [3.63, 3.8) is 0 Å². The van der Waals surface area contributed by atoms with E-state index in [-0.39, 0.29) is 17.4 Å². The number of nitrogens with one attached hydrogen (secondary N) is 2. The number of hydrogen-bond acceptors (Lipinski definition) is 2.